The standard InChI is InChI=1S/C12H26N2O/c1-4-11(3)14(5-2)9-12(8-13)6-7-15-10-12/h11H,4-10,13H2,1-3H3. The zero-order valence-electron chi connectivity index (χ0n) is 10.5. The quantitative estimate of drug-likeness (QED) is 0.728. The molecule has 2 unspecified atom stereocenters. The molecule has 1 aliphatic heterocycles. The molecule has 1 rings (SSSR count). The van der Waals surface area contributed by atoms with E-state index in [1.807, 2.05) is 0 Å². The highest BCUT2D eigenvalue weighted by atomic mass is 16.5. The van der Waals surface area contributed by atoms with Gasteiger partial charge in [0.2, 0.25) is 0 Å². The van der Waals surface area contributed by atoms with Gasteiger partial charge in [0.1, 0.15) is 0 Å². The van der Waals surface area contributed by atoms with Crippen molar-refractivity contribution in [1.29, 1.82) is 0 Å². The van der Waals surface area contributed by atoms with Gasteiger partial charge in [0.05, 0.1) is 6.61 Å². The van der Waals surface area contributed by atoms with E-state index in [-0.39, 0.29) is 5.41 Å². The smallest absolute Gasteiger partial charge is 0.0547 e. The summed E-state index contributed by atoms with van der Waals surface area (Å²) < 4.78 is 5.50. The molecule has 0 amide bonds. The molecular formula is C12H26N2O. The van der Waals surface area contributed by atoms with E-state index in [4.69, 9.17) is 10.5 Å². The molecule has 2 atom stereocenters. The average Bonchev–Trinajstić information content (AvgIpc) is 2.74. The molecule has 0 aliphatic carbocycles. The van der Waals surface area contributed by atoms with Crippen molar-refractivity contribution in [3.8, 4) is 0 Å². The summed E-state index contributed by atoms with van der Waals surface area (Å²) in [5.74, 6) is 0. The van der Waals surface area contributed by atoms with Gasteiger partial charge in [-0.1, -0.05) is 13.8 Å². The van der Waals surface area contributed by atoms with Crippen LogP contribution >= 0.6 is 0 Å². The van der Waals surface area contributed by atoms with Crippen molar-refractivity contribution in [2.75, 3.05) is 32.8 Å². The van der Waals surface area contributed by atoms with Crippen LogP contribution in [0.3, 0.4) is 0 Å². The van der Waals surface area contributed by atoms with Crippen LogP contribution in [0.15, 0.2) is 0 Å². The summed E-state index contributed by atoms with van der Waals surface area (Å²) in [6.07, 6.45) is 2.33. The predicted octanol–water partition coefficient (Wildman–Crippen LogP) is 1.47. The monoisotopic (exact) mass is 214 g/mol. The predicted molar refractivity (Wildman–Crippen MR) is 63.9 cm³/mol. The minimum absolute atomic E-state index is 0.222. The molecular weight excluding hydrogens is 188 g/mol. The summed E-state index contributed by atoms with van der Waals surface area (Å²) in [7, 11) is 0. The molecule has 0 aromatic carbocycles. The van der Waals surface area contributed by atoms with Crippen LogP contribution in [0.25, 0.3) is 0 Å². The molecule has 1 heterocycles. The van der Waals surface area contributed by atoms with Crippen molar-refractivity contribution in [1.82, 2.24) is 4.90 Å². The van der Waals surface area contributed by atoms with Gasteiger partial charge in [-0.25, -0.2) is 0 Å². The molecule has 3 heteroatoms. The minimum Gasteiger partial charge on any atom is -0.381 e. The van der Waals surface area contributed by atoms with Gasteiger partial charge in [-0.05, 0) is 26.3 Å². The summed E-state index contributed by atoms with van der Waals surface area (Å²) in [4.78, 5) is 2.53. The Kier molecular flexibility index (Phi) is 5.03. The maximum Gasteiger partial charge on any atom is 0.0547 e. The topological polar surface area (TPSA) is 38.5 Å². The van der Waals surface area contributed by atoms with Crippen LogP contribution in [-0.2, 0) is 4.74 Å². The highest BCUT2D eigenvalue weighted by Gasteiger charge is 2.35. The number of hydrogen-bond donors (Lipinski definition) is 1. The fraction of sp³-hybridized carbons (Fsp3) is 1.00. The van der Waals surface area contributed by atoms with Gasteiger partial charge in [0.15, 0.2) is 0 Å². The largest absolute Gasteiger partial charge is 0.381 e. The Morgan fingerprint density at radius 3 is 2.60 bits per heavy atom. The first-order valence-electron chi connectivity index (χ1n) is 6.19. The Morgan fingerprint density at radius 2 is 2.20 bits per heavy atom. The Bertz CT molecular complexity index is 178. The second-order valence-electron chi connectivity index (χ2n) is 4.83. The molecule has 2 N–H and O–H groups in total. The molecule has 0 aromatic heterocycles. The Balaban J connectivity index is 2.55. The van der Waals surface area contributed by atoms with Crippen molar-refractivity contribution >= 4 is 0 Å². The molecule has 1 saturated heterocycles. The average molecular weight is 214 g/mol. The van der Waals surface area contributed by atoms with Gasteiger partial charge in [-0.3, -0.25) is 0 Å². The Morgan fingerprint density at radius 1 is 1.47 bits per heavy atom. The molecule has 1 fully saturated rings. The molecule has 1 aliphatic rings. The summed E-state index contributed by atoms with van der Waals surface area (Å²) in [6.45, 7) is 11.4. The van der Waals surface area contributed by atoms with Crippen LogP contribution in [0.5, 0.6) is 0 Å². The van der Waals surface area contributed by atoms with Crippen molar-refractivity contribution in [2.24, 2.45) is 11.1 Å². The van der Waals surface area contributed by atoms with E-state index in [9.17, 15) is 0 Å². The first kappa shape index (κ1) is 12.9. The van der Waals surface area contributed by atoms with Crippen LogP contribution in [-0.4, -0.2) is 43.8 Å². The lowest BCUT2D eigenvalue weighted by Crippen LogP contribution is -2.46. The van der Waals surface area contributed by atoms with E-state index in [0.29, 0.717) is 6.04 Å². The summed E-state index contributed by atoms with van der Waals surface area (Å²) in [5.41, 5.74) is 6.13. The van der Waals surface area contributed by atoms with Gasteiger partial charge in [0.25, 0.3) is 0 Å². The Hall–Kier alpha value is -0.120. The number of hydrogen-bond acceptors (Lipinski definition) is 3. The third-order valence-corrected chi connectivity index (χ3v) is 3.78. The zero-order valence-corrected chi connectivity index (χ0v) is 10.5. The number of nitrogens with two attached hydrogens (primary N) is 1. The maximum absolute atomic E-state index is 5.91. The number of nitrogens with zero attached hydrogens (tertiary/aromatic N) is 1. The van der Waals surface area contributed by atoms with Crippen LogP contribution in [0, 0.1) is 5.41 Å². The van der Waals surface area contributed by atoms with E-state index >= 15 is 0 Å². The fourth-order valence-electron chi connectivity index (χ4n) is 2.27. The molecule has 0 spiro atoms. The second kappa shape index (κ2) is 5.83. The fourth-order valence-corrected chi connectivity index (χ4v) is 2.27. The van der Waals surface area contributed by atoms with Crippen molar-refractivity contribution < 1.29 is 4.74 Å². The molecule has 0 aromatic rings. The lowest BCUT2D eigenvalue weighted by Gasteiger charge is -2.36. The Labute approximate surface area is 94.0 Å². The van der Waals surface area contributed by atoms with Crippen molar-refractivity contribution in [3.63, 3.8) is 0 Å². The summed E-state index contributed by atoms with van der Waals surface area (Å²) >= 11 is 0. The maximum atomic E-state index is 5.91. The van der Waals surface area contributed by atoms with E-state index < -0.39 is 0 Å². The first-order valence-corrected chi connectivity index (χ1v) is 6.19. The highest BCUT2D eigenvalue weighted by molar-refractivity contribution is 4.88. The highest BCUT2D eigenvalue weighted by Crippen LogP contribution is 2.29. The van der Waals surface area contributed by atoms with E-state index in [1.165, 1.54) is 6.42 Å². The van der Waals surface area contributed by atoms with Crippen molar-refractivity contribution in [3.05, 3.63) is 0 Å². The minimum atomic E-state index is 0.222. The van der Waals surface area contributed by atoms with Gasteiger partial charge in [-0.2, -0.15) is 0 Å². The van der Waals surface area contributed by atoms with Crippen molar-refractivity contribution in [2.45, 2.75) is 39.7 Å². The molecule has 0 radical (unpaired) electrons. The molecule has 3 nitrogen and oxygen atoms in total. The summed E-state index contributed by atoms with van der Waals surface area (Å²) in [6, 6.07) is 0.652. The molecule has 0 bridgehead atoms. The van der Waals surface area contributed by atoms with E-state index in [2.05, 4.69) is 25.7 Å². The molecule has 0 saturated carbocycles. The van der Waals surface area contributed by atoms with E-state index in [1.54, 1.807) is 0 Å². The van der Waals surface area contributed by atoms with Crippen LogP contribution in [0.4, 0.5) is 0 Å². The van der Waals surface area contributed by atoms with Crippen LogP contribution in [0.2, 0.25) is 0 Å². The second-order valence-corrected chi connectivity index (χ2v) is 4.83. The normalized spacial score (nSPS) is 28.6. The van der Waals surface area contributed by atoms with Crippen LogP contribution < -0.4 is 5.73 Å². The first-order chi connectivity index (χ1) is 7.17. The van der Waals surface area contributed by atoms with E-state index in [0.717, 1.165) is 39.3 Å². The van der Waals surface area contributed by atoms with Crippen LogP contribution in [0.1, 0.15) is 33.6 Å². The lowest BCUT2D eigenvalue weighted by molar-refractivity contribution is 0.0968. The SMILES string of the molecule is CCC(C)N(CC)CC1(CN)CCOC1. The zero-order chi connectivity index (χ0) is 11.3. The third-order valence-electron chi connectivity index (χ3n) is 3.78. The van der Waals surface area contributed by atoms with Gasteiger partial charge in [-0.15, -0.1) is 0 Å². The molecule has 90 valence electrons. The van der Waals surface area contributed by atoms with Gasteiger partial charge in [0, 0.05) is 31.2 Å². The summed E-state index contributed by atoms with van der Waals surface area (Å²) in [5, 5.41) is 0. The molecule has 15 heavy (non-hydrogen) atoms. The number of ether oxygens (including phenoxy) is 1. The third kappa shape index (κ3) is 3.16. The van der Waals surface area contributed by atoms with Gasteiger partial charge >= 0.3 is 0 Å². The van der Waals surface area contributed by atoms with Gasteiger partial charge < -0.3 is 15.4 Å². The lowest BCUT2D eigenvalue weighted by atomic mass is 9.86. The number of rotatable bonds is 6.